The highest BCUT2D eigenvalue weighted by molar-refractivity contribution is 5.96. The van der Waals surface area contributed by atoms with Gasteiger partial charge in [-0.1, -0.05) is 6.07 Å². The van der Waals surface area contributed by atoms with Crippen LogP contribution >= 0.6 is 0 Å². The Hall–Kier alpha value is -2.97. The molecule has 21 heavy (non-hydrogen) atoms. The monoisotopic (exact) mass is 291 g/mol. The van der Waals surface area contributed by atoms with E-state index in [0.717, 1.165) is 0 Å². The summed E-state index contributed by atoms with van der Waals surface area (Å²) in [5.41, 5.74) is -0.423. The van der Waals surface area contributed by atoms with Gasteiger partial charge in [0.15, 0.2) is 5.82 Å². The van der Waals surface area contributed by atoms with E-state index in [1.54, 1.807) is 18.1 Å². The number of carbonyl (C=O) groups is 1. The van der Waals surface area contributed by atoms with Gasteiger partial charge in [-0.25, -0.2) is 9.78 Å². The number of nitro groups is 1. The zero-order chi connectivity index (χ0) is 15.4. The van der Waals surface area contributed by atoms with Gasteiger partial charge in [0, 0.05) is 26.1 Å². The quantitative estimate of drug-likeness (QED) is 0.602. The molecule has 0 unspecified atom stereocenters. The molecule has 1 aromatic carbocycles. The first-order chi connectivity index (χ1) is 9.99. The highest BCUT2D eigenvalue weighted by Crippen LogP contribution is 2.28. The summed E-state index contributed by atoms with van der Waals surface area (Å²) in [5, 5.41) is 26.9. The number of nitrogens with one attached hydrogen (secondary N) is 1. The highest BCUT2D eigenvalue weighted by Gasteiger charge is 2.20. The zero-order valence-corrected chi connectivity index (χ0v) is 11.2. The molecule has 0 aliphatic carbocycles. The van der Waals surface area contributed by atoms with Crippen LogP contribution < -0.4 is 5.32 Å². The van der Waals surface area contributed by atoms with Crippen LogP contribution in [0, 0.1) is 10.1 Å². The Morgan fingerprint density at radius 1 is 1.52 bits per heavy atom. The maximum atomic E-state index is 11.1. The van der Waals surface area contributed by atoms with Gasteiger partial charge in [-0.15, -0.1) is 0 Å². The van der Waals surface area contributed by atoms with E-state index in [0.29, 0.717) is 12.2 Å². The average Bonchev–Trinajstić information content (AvgIpc) is 2.84. The molecule has 2 N–H and O–H groups in total. The molecule has 0 bridgehead atoms. The summed E-state index contributed by atoms with van der Waals surface area (Å²) < 4.78 is 1.54. The maximum absolute atomic E-state index is 11.1. The second kappa shape index (κ2) is 5.99. The number of aromatic nitrogens is 3. The predicted octanol–water partition coefficient (Wildman–Crippen LogP) is 1.08. The Kier molecular flexibility index (Phi) is 4.12. The van der Waals surface area contributed by atoms with Crippen molar-refractivity contribution in [2.75, 3.05) is 11.9 Å². The lowest BCUT2D eigenvalue weighted by Crippen LogP contribution is -2.12. The Morgan fingerprint density at radius 3 is 2.86 bits per heavy atom. The van der Waals surface area contributed by atoms with Crippen LogP contribution in [0.2, 0.25) is 0 Å². The Balaban J connectivity index is 2.17. The molecule has 1 aromatic heterocycles. The fourth-order valence-corrected chi connectivity index (χ4v) is 1.85. The van der Waals surface area contributed by atoms with Crippen LogP contribution in [0.5, 0.6) is 0 Å². The molecule has 9 nitrogen and oxygen atoms in total. The summed E-state index contributed by atoms with van der Waals surface area (Å²) in [6.07, 6.45) is 1.97. The van der Waals surface area contributed by atoms with Crippen molar-refractivity contribution >= 4 is 17.3 Å². The number of carboxylic acids is 1. The first-order valence-electron chi connectivity index (χ1n) is 6.08. The number of rotatable bonds is 6. The molecule has 0 atom stereocenters. The van der Waals surface area contributed by atoms with Gasteiger partial charge < -0.3 is 10.4 Å². The molecule has 110 valence electrons. The van der Waals surface area contributed by atoms with Gasteiger partial charge in [-0.3, -0.25) is 14.8 Å². The molecular formula is C12H13N5O4. The fourth-order valence-electron chi connectivity index (χ4n) is 1.85. The lowest BCUT2D eigenvalue weighted by Gasteiger charge is -2.09. The number of anilines is 1. The van der Waals surface area contributed by atoms with E-state index >= 15 is 0 Å². The van der Waals surface area contributed by atoms with Gasteiger partial charge in [0.05, 0.1) is 10.5 Å². The van der Waals surface area contributed by atoms with Crippen LogP contribution in [0.4, 0.5) is 11.4 Å². The molecule has 0 aliphatic heterocycles. The van der Waals surface area contributed by atoms with Crippen LogP contribution in [0.15, 0.2) is 24.5 Å². The van der Waals surface area contributed by atoms with Crippen molar-refractivity contribution in [2.24, 2.45) is 7.05 Å². The molecule has 0 spiro atoms. The summed E-state index contributed by atoms with van der Waals surface area (Å²) in [4.78, 5) is 25.5. The van der Waals surface area contributed by atoms with Crippen LogP contribution in [-0.4, -0.2) is 37.3 Å². The first kappa shape index (κ1) is 14.4. The Morgan fingerprint density at radius 2 is 2.29 bits per heavy atom. The van der Waals surface area contributed by atoms with E-state index in [4.69, 9.17) is 5.11 Å². The molecular weight excluding hydrogens is 278 g/mol. The van der Waals surface area contributed by atoms with Gasteiger partial charge in [-0.05, 0) is 6.07 Å². The van der Waals surface area contributed by atoms with Gasteiger partial charge in [-0.2, -0.15) is 5.10 Å². The molecule has 0 radical (unpaired) electrons. The molecule has 0 fully saturated rings. The standard InChI is InChI=1S/C12H13N5O4/c1-16-7-14-10(15-16)5-6-13-11-8(12(18)19)3-2-4-9(11)17(20)21/h2-4,7,13H,5-6H2,1H3,(H,18,19). The smallest absolute Gasteiger partial charge is 0.338 e. The molecule has 1 heterocycles. The number of nitrogens with zero attached hydrogens (tertiary/aromatic N) is 4. The van der Waals surface area contributed by atoms with Crippen LogP contribution in [-0.2, 0) is 13.5 Å². The fraction of sp³-hybridized carbons (Fsp3) is 0.250. The van der Waals surface area contributed by atoms with Crippen LogP contribution in [0.3, 0.4) is 0 Å². The molecule has 0 saturated heterocycles. The van der Waals surface area contributed by atoms with Crippen LogP contribution in [0.25, 0.3) is 0 Å². The molecule has 2 aromatic rings. The minimum atomic E-state index is -1.22. The summed E-state index contributed by atoms with van der Waals surface area (Å²) in [6, 6.07) is 3.91. The first-order valence-corrected chi connectivity index (χ1v) is 6.08. The third kappa shape index (κ3) is 3.32. The van der Waals surface area contributed by atoms with E-state index in [2.05, 4.69) is 15.4 Å². The maximum Gasteiger partial charge on any atom is 0.338 e. The van der Waals surface area contributed by atoms with Crippen LogP contribution in [0.1, 0.15) is 16.2 Å². The third-order valence-electron chi connectivity index (χ3n) is 2.77. The number of para-hydroxylation sites is 1. The second-order valence-electron chi connectivity index (χ2n) is 4.27. The van der Waals surface area contributed by atoms with Gasteiger partial charge in [0.25, 0.3) is 5.69 Å². The van der Waals surface area contributed by atoms with Gasteiger partial charge in [0.1, 0.15) is 12.0 Å². The number of hydrogen-bond acceptors (Lipinski definition) is 6. The van der Waals surface area contributed by atoms with Crippen molar-refractivity contribution in [3.63, 3.8) is 0 Å². The van der Waals surface area contributed by atoms with E-state index in [9.17, 15) is 14.9 Å². The van der Waals surface area contributed by atoms with Gasteiger partial charge >= 0.3 is 5.97 Å². The van der Waals surface area contributed by atoms with E-state index in [-0.39, 0.29) is 23.5 Å². The highest BCUT2D eigenvalue weighted by atomic mass is 16.6. The largest absolute Gasteiger partial charge is 0.478 e. The van der Waals surface area contributed by atoms with Gasteiger partial charge in [0.2, 0.25) is 0 Å². The van der Waals surface area contributed by atoms with Crippen molar-refractivity contribution in [3.05, 3.63) is 46.0 Å². The zero-order valence-electron chi connectivity index (χ0n) is 11.2. The lowest BCUT2D eigenvalue weighted by molar-refractivity contribution is -0.384. The number of aromatic carboxylic acids is 1. The molecule has 2 rings (SSSR count). The number of carboxylic acid groups (broad SMARTS) is 1. The lowest BCUT2D eigenvalue weighted by atomic mass is 10.1. The molecule has 0 amide bonds. The summed E-state index contributed by atoms with van der Waals surface area (Å²) in [6.45, 7) is 0.287. The van der Waals surface area contributed by atoms with Crippen molar-refractivity contribution in [1.29, 1.82) is 0 Å². The summed E-state index contributed by atoms with van der Waals surface area (Å²) in [7, 11) is 1.73. The number of benzene rings is 1. The summed E-state index contributed by atoms with van der Waals surface area (Å²) in [5.74, 6) is -0.655. The molecule has 0 saturated carbocycles. The van der Waals surface area contributed by atoms with Crippen molar-refractivity contribution in [2.45, 2.75) is 6.42 Å². The number of hydrogen-bond donors (Lipinski definition) is 2. The average molecular weight is 291 g/mol. The second-order valence-corrected chi connectivity index (χ2v) is 4.27. The minimum Gasteiger partial charge on any atom is -0.478 e. The van der Waals surface area contributed by atoms with Crippen molar-refractivity contribution in [1.82, 2.24) is 14.8 Å². The number of nitro benzene ring substituents is 1. The minimum absolute atomic E-state index is 0.00840. The van der Waals surface area contributed by atoms with E-state index < -0.39 is 10.9 Å². The summed E-state index contributed by atoms with van der Waals surface area (Å²) >= 11 is 0. The topological polar surface area (TPSA) is 123 Å². The third-order valence-corrected chi connectivity index (χ3v) is 2.77. The van der Waals surface area contributed by atoms with Crippen molar-refractivity contribution in [3.8, 4) is 0 Å². The predicted molar refractivity (Wildman–Crippen MR) is 73.3 cm³/mol. The van der Waals surface area contributed by atoms with Crippen molar-refractivity contribution < 1.29 is 14.8 Å². The molecule has 9 heteroatoms. The number of aryl methyl sites for hydroxylation is 1. The van der Waals surface area contributed by atoms with E-state index in [1.807, 2.05) is 0 Å². The Bertz CT molecular complexity index is 650. The Labute approximate surface area is 119 Å². The normalized spacial score (nSPS) is 10.3. The SMILES string of the molecule is Cn1cnc(CCNc2c(C(=O)O)cccc2[N+](=O)[O-])n1. The van der Waals surface area contributed by atoms with E-state index in [1.165, 1.54) is 18.2 Å². The molecule has 0 aliphatic rings.